The van der Waals surface area contributed by atoms with Crippen LogP contribution >= 0.6 is 0 Å². The number of hydrogen-bond donors (Lipinski definition) is 2. The van der Waals surface area contributed by atoms with Crippen molar-refractivity contribution in [3.05, 3.63) is 59.2 Å². The van der Waals surface area contributed by atoms with Gasteiger partial charge >= 0.3 is 0 Å². The van der Waals surface area contributed by atoms with E-state index in [0.29, 0.717) is 17.9 Å². The molecule has 0 radical (unpaired) electrons. The summed E-state index contributed by atoms with van der Waals surface area (Å²) in [5.41, 5.74) is 3.71. The number of aryl methyl sites for hydroxylation is 2. The molecule has 5 heteroatoms. The van der Waals surface area contributed by atoms with E-state index < -0.39 is 0 Å². The van der Waals surface area contributed by atoms with Crippen molar-refractivity contribution < 1.29 is 14.3 Å². The number of carbonyl (C=O) groups is 2. The van der Waals surface area contributed by atoms with E-state index >= 15 is 0 Å². The fourth-order valence-electron chi connectivity index (χ4n) is 2.28. The highest BCUT2D eigenvalue weighted by Crippen LogP contribution is 2.18. The number of anilines is 1. The Morgan fingerprint density at radius 3 is 2.33 bits per heavy atom. The van der Waals surface area contributed by atoms with Crippen molar-refractivity contribution in [2.75, 3.05) is 19.0 Å². The fraction of sp³-hybridized carbons (Fsp3) is 0.263. The highest BCUT2D eigenvalue weighted by molar-refractivity contribution is 5.92. The molecule has 0 saturated heterocycles. The lowest BCUT2D eigenvalue weighted by molar-refractivity contribution is -0.120. The molecule has 0 atom stereocenters. The Bertz CT molecular complexity index is 724. The first-order valence-electron chi connectivity index (χ1n) is 7.77. The Morgan fingerprint density at radius 1 is 1.00 bits per heavy atom. The topological polar surface area (TPSA) is 67.4 Å². The lowest BCUT2D eigenvalue weighted by Crippen LogP contribution is -2.21. The molecule has 0 aliphatic carbocycles. The lowest BCUT2D eigenvalue weighted by Gasteiger charge is -2.10. The Kier molecular flexibility index (Phi) is 5.95. The molecular formula is C19H22N2O3. The maximum atomic E-state index is 12.0. The van der Waals surface area contributed by atoms with E-state index in [4.69, 9.17) is 4.74 Å². The molecule has 0 fully saturated rings. The summed E-state index contributed by atoms with van der Waals surface area (Å²) in [7, 11) is 1.60. The maximum Gasteiger partial charge on any atom is 0.262 e. The van der Waals surface area contributed by atoms with Crippen molar-refractivity contribution in [2.24, 2.45) is 0 Å². The molecule has 0 unspecified atom stereocenters. The molecule has 0 heterocycles. The zero-order valence-corrected chi connectivity index (χ0v) is 14.2. The van der Waals surface area contributed by atoms with Crippen molar-refractivity contribution in [3.8, 4) is 5.75 Å². The van der Waals surface area contributed by atoms with Crippen LogP contribution in [0.3, 0.4) is 0 Å². The monoisotopic (exact) mass is 326 g/mol. The van der Waals surface area contributed by atoms with Crippen molar-refractivity contribution in [1.82, 2.24) is 5.32 Å². The molecule has 2 rings (SSSR count). The van der Waals surface area contributed by atoms with E-state index in [1.807, 2.05) is 44.2 Å². The number of ether oxygens (including phenoxy) is 1. The third-order valence-corrected chi connectivity index (χ3v) is 3.57. The Labute approximate surface area is 142 Å². The van der Waals surface area contributed by atoms with Crippen molar-refractivity contribution in [2.45, 2.75) is 20.3 Å². The highest BCUT2D eigenvalue weighted by Gasteiger charge is 2.06. The SMILES string of the molecule is CNC(=O)Cc1ccc(NC(=O)COc2ccc(C)cc2C)cc1. The van der Waals surface area contributed by atoms with E-state index in [9.17, 15) is 9.59 Å². The van der Waals surface area contributed by atoms with Gasteiger partial charge in [0.1, 0.15) is 5.75 Å². The highest BCUT2D eigenvalue weighted by atomic mass is 16.5. The average molecular weight is 326 g/mol. The normalized spacial score (nSPS) is 10.1. The molecule has 2 aromatic rings. The molecule has 2 aromatic carbocycles. The minimum absolute atomic E-state index is 0.0475. The van der Waals surface area contributed by atoms with E-state index in [1.54, 1.807) is 19.2 Å². The molecule has 0 aliphatic heterocycles. The average Bonchev–Trinajstić information content (AvgIpc) is 2.55. The number of amides is 2. The predicted octanol–water partition coefficient (Wildman–Crippen LogP) is 2.61. The fourth-order valence-corrected chi connectivity index (χ4v) is 2.28. The minimum Gasteiger partial charge on any atom is -0.483 e. The van der Waals surface area contributed by atoms with Gasteiger partial charge in [0.05, 0.1) is 6.42 Å². The predicted molar refractivity (Wildman–Crippen MR) is 94.3 cm³/mol. The van der Waals surface area contributed by atoms with Gasteiger partial charge in [-0.2, -0.15) is 0 Å². The van der Waals surface area contributed by atoms with E-state index in [-0.39, 0.29) is 18.4 Å². The van der Waals surface area contributed by atoms with Crippen molar-refractivity contribution >= 4 is 17.5 Å². The molecule has 2 N–H and O–H groups in total. The van der Waals surface area contributed by atoms with Crippen LogP contribution in [0.2, 0.25) is 0 Å². The van der Waals surface area contributed by atoms with Crippen LogP contribution < -0.4 is 15.4 Å². The molecule has 5 nitrogen and oxygen atoms in total. The molecule has 0 aromatic heterocycles. The summed E-state index contributed by atoms with van der Waals surface area (Å²) in [6.45, 7) is 3.91. The van der Waals surface area contributed by atoms with Crippen LogP contribution in [0.25, 0.3) is 0 Å². The van der Waals surface area contributed by atoms with Crippen LogP contribution in [-0.4, -0.2) is 25.5 Å². The molecule has 0 saturated carbocycles. The largest absolute Gasteiger partial charge is 0.483 e. The third-order valence-electron chi connectivity index (χ3n) is 3.57. The number of likely N-dealkylation sites (N-methyl/N-ethyl adjacent to an activating group) is 1. The summed E-state index contributed by atoms with van der Waals surface area (Å²) < 4.78 is 5.55. The first kappa shape index (κ1) is 17.5. The second-order valence-electron chi connectivity index (χ2n) is 5.65. The van der Waals surface area contributed by atoms with E-state index in [0.717, 1.165) is 16.7 Å². The number of rotatable bonds is 6. The second-order valence-corrected chi connectivity index (χ2v) is 5.65. The molecule has 126 valence electrons. The van der Waals surface area contributed by atoms with Gasteiger partial charge < -0.3 is 15.4 Å². The third kappa shape index (κ3) is 5.12. The number of nitrogens with one attached hydrogen (secondary N) is 2. The van der Waals surface area contributed by atoms with Gasteiger partial charge in [0, 0.05) is 12.7 Å². The molecule has 2 amide bonds. The van der Waals surface area contributed by atoms with Crippen molar-refractivity contribution in [3.63, 3.8) is 0 Å². The van der Waals surface area contributed by atoms with Crippen LogP contribution in [0.1, 0.15) is 16.7 Å². The number of hydrogen-bond acceptors (Lipinski definition) is 3. The Hall–Kier alpha value is -2.82. The van der Waals surface area contributed by atoms with E-state index in [1.165, 1.54) is 0 Å². The minimum atomic E-state index is -0.228. The summed E-state index contributed by atoms with van der Waals surface area (Å²) in [5.74, 6) is 0.430. The number of benzene rings is 2. The van der Waals surface area contributed by atoms with Gasteiger partial charge in [-0.25, -0.2) is 0 Å². The first-order valence-corrected chi connectivity index (χ1v) is 7.77. The van der Waals surface area contributed by atoms with Crippen LogP contribution in [-0.2, 0) is 16.0 Å². The quantitative estimate of drug-likeness (QED) is 0.857. The van der Waals surface area contributed by atoms with Gasteiger partial charge in [0.25, 0.3) is 5.91 Å². The summed E-state index contributed by atoms with van der Waals surface area (Å²) in [4.78, 5) is 23.3. The van der Waals surface area contributed by atoms with Gasteiger partial charge in [-0.3, -0.25) is 9.59 Å². The lowest BCUT2D eigenvalue weighted by atomic mass is 10.1. The Morgan fingerprint density at radius 2 is 1.71 bits per heavy atom. The van der Waals surface area contributed by atoms with Crippen LogP contribution in [0.5, 0.6) is 5.75 Å². The summed E-state index contributed by atoms with van der Waals surface area (Å²) >= 11 is 0. The smallest absolute Gasteiger partial charge is 0.262 e. The van der Waals surface area contributed by atoms with Gasteiger partial charge in [-0.15, -0.1) is 0 Å². The molecule has 0 aliphatic rings. The van der Waals surface area contributed by atoms with E-state index in [2.05, 4.69) is 10.6 Å². The van der Waals surface area contributed by atoms with Crippen LogP contribution in [0.4, 0.5) is 5.69 Å². The second kappa shape index (κ2) is 8.15. The first-order chi connectivity index (χ1) is 11.5. The molecular weight excluding hydrogens is 304 g/mol. The van der Waals surface area contributed by atoms with Gasteiger partial charge in [0.15, 0.2) is 6.61 Å². The summed E-state index contributed by atoms with van der Waals surface area (Å²) in [5, 5.41) is 5.35. The van der Waals surface area contributed by atoms with Crippen molar-refractivity contribution in [1.29, 1.82) is 0 Å². The standard InChI is InChI=1S/C19H22N2O3/c1-13-4-9-17(14(2)10-13)24-12-19(23)21-16-7-5-15(6-8-16)11-18(22)20-3/h4-10H,11-12H2,1-3H3,(H,20,22)(H,21,23). The molecule has 0 bridgehead atoms. The van der Waals surface area contributed by atoms with Gasteiger partial charge in [-0.1, -0.05) is 29.8 Å². The zero-order valence-electron chi connectivity index (χ0n) is 14.2. The van der Waals surface area contributed by atoms with Gasteiger partial charge in [0.2, 0.25) is 5.91 Å². The molecule has 0 spiro atoms. The van der Waals surface area contributed by atoms with Crippen LogP contribution in [0, 0.1) is 13.8 Å². The zero-order chi connectivity index (χ0) is 17.5. The maximum absolute atomic E-state index is 12.0. The summed E-state index contributed by atoms with van der Waals surface area (Å²) in [6.07, 6.45) is 0.320. The Balaban J connectivity index is 1.86. The number of carbonyl (C=O) groups excluding carboxylic acids is 2. The van der Waals surface area contributed by atoms with Crippen LogP contribution in [0.15, 0.2) is 42.5 Å². The molecule has 24 heavy (non-hydrogen) atoms. The van der Waals surface area contributed by atoms with Gasteiger partial charge in [-0.05, 0) is 43.2 Å². The summed E-state index contributed by atoms with van der Waals surface area (Å²) in [6, 6.07) is 13.0.